The number of hydrogen-bond acceptors (Lipinski definition) is 3. The molecule has 0 aliphatic heterocycles. The minimum atomic E-state index is -0.215. The lowest BCUT2D eigenvalue weighted by atomic mass is 10.2. The number of ether oxygens (including phenoxy) is 2. The Morgan fingerprint density at radius 3 is 2.46 bits per heavy atom. The maximum atomic E-state index is 12.0. The lowest BCUT2D eigenvalue weighted by molar-refractivity contribution is -0.118. The third-order valence-corrected chi connectivity index (χ3v) is 3.61. The Morgan fingerprint density at radius 2 is 1.83 bits per heavy atom. The molecule has 0 spiro atoms. The van der Waals surface area contributed by atoms with Gasteiger partial charge in [0.05, 0.1) is 0 Å². The highest BCUT2D eigenvalue weighted by molar-refractivity contribution is 9.10. The molecule has 4 nitrogen and oxygen atoms in total. The van der Waals surface area contributed by atoms with Crippen LogP contribution in [0.5, 0.6) is 11.5 Å². The number of halogens is 1. The van der Waals surface area contributed by atoms with Gasteiger partial charge in [0.15, 0.2) is 6.61 Å². The number of amides is 1. The van der Waals surface area contributed by atoms with E-state index in [0.29, 0.717) is 18.0 Å². The molecule has 0 heterocycles. The molecular weight excluding hydrogens is 370 g/mol. The fraction of sp³-hybridized carbons (Fsp3) is 0.211. The highest BCUT2D eigenvalue weighted by atomic mass is 79.9. The zero-order valence-corrected chi connectivity index (χ0v) is 15.4. The molecule has 0 saturated carbocycles. The maximum Gasteiger partial charge on any atom is 0.262 e. The van der Waals surface area contributed by atoms with Gasteiger partial charge in [0.1, 0.15) is 18.1 Å². The predicted octanol–water partition coefficient (Wildman–Crippen LogP) is 4.73. The van der Waals surface area contributed by atoms with Gasteiger partial charge in [-0.1, -0.05) is 22.5 Å². The summed E-state index contributed by atoms with van der Waals surface area (Å²) in [4.78, 5) is 12.0. The molecule has 126 valence electrons. The Bertz CT molecular complexity index is 726. The van der Waals surface area contributed by atoms with Crippen LogP contribution in [0.25, 0.3) is 0 Å². The van der Waals surface area contributed by atoms with E-state index < -0.39 is 0 Å². The summed E-state index contributed by atoms with van der Waals surface area (Å²) < 4.78 is 12.0. The van der Waals surface area contributed by atoms with Gasteiger partial charge >= 0.3 is 0 Å². The number of carbonyl (C=O) groups is 1. The van der Waals surface area contributed by atoms with Crippen LogP contribution in [0.15, 0.2) is 59.1 Å². The Hall–Kier alpha value is -2.27. The summed E-state index contributed by atoms with van der Waals surface area (Å²) in [5.74, 6) is 1.21. The molecule has 0 fully saturated rings. The topological polar surface area (TPSA) is 47.6 Å². The summed E-state index contributed by atoms with van der Waals surface area (Å²) in [7, 11) is 0. The normalized spacial score (nSPS) is 10.1. The summed E-state index contributed by atoms with van der Waals surface area (Å²) in [6.45, 7) is 8.05. The van der Waals surface area contributed by atoms with Gasteiger partial charge in [-0.2, -0.15) is 0 Å². The molecule has 0 aromatic heterocycles. The van der Waals surface area contributed by atoms with Crippen LogP contribution in [-0.4, -0.2) is 19.1 Å². The average Bonchev–Trinajstić information content (AvgIpc) is 2.53. The van der Waals surface area contributed by atoms with Crippen molar-refractivity contribution in [2.45, 2.75) is 13.8 Å². The van der Waals surface area contributed by atoms with E-state index in [2.05, 4.69) is 27.8 Å². The van der Waals surface area contributed by atoms with Crippen molar-refractivity contribution >= 4 is 27.5 Å². The molecule has 2 aromatic rings. The van der Waals surface area contributed by atoms with Crippen LogP contribution in [0.3, 0.4) is 0 Å². The largest absolute Gasteiger partial charge is 0.489 e. The van der Waals surface area contributed by atoms with Crippen LogP contribution in [0, 0.1) is 6.92 Å². The monoisotopic (exact) mass is 389 g/mol. The van der Waals surface area contributed by atoms with E-state index in [1.54, 1.807) is 24.3 Å². The van der Waals surface area contributed by atoms with Crippen molar-refractivity contribution in [1.29, 1.82) is 0 Å². The van der Waals surface area contributed by atoms with Crippen molar-refractivity contribution in [2.75, 3.05) is 18.5 Å². The van der Waals surface area contributed by atoms with Gasteiger partial charge in [-0.15, -0.1) is 0 Å². The number of nitrogens with one attached hydrogen (secondary N) is 1. The predicted molar refractivity (Wildman–Crippen MR) is 99.8 cm³/mol. The Balaban J connectivity index is 1.84. The first-order chi connectivity index (χ1) is 11.4. The number of anilines is 1. The molecule has 5 heteroatoms. The zero-order chi connectivity index (χ0) is 17.5. The van der Waals surface area contributed by atoms with Crippen LogP contribution >= 0.6 is 15.9 Å². The second kappa shape index (κ2) is 8.55. The second-order valence-corrected chi connectivity index (χ2v) is 6.43. The molecule has 0 radical (unpaired) electrons. The van der Waals surface area contributed by atoms with Gasteiger partial charge < -0.3 is 14.8 Å². The number of benzene rings is 2. The van der Waals surface area contributed by atoms with Crippen LogP contribution in [0.2, 0.25) is 0 Å². The van der Waals surface area contributed by atoms with Crippen LogP contribution < -0.4 is 14.8 Å². The minimum absolute atomic E-state index is 0.0453. The van der Waals surface area contributed by atoms with Crippen LogP contribution in [0.1, 0.15) is 12.5 Å². The molecule has 1 N–H and O–H groups in total. The molecule has 0 aliphatic carbocycles. The van der Waals surface area contributed by atoms with E-state index in [1.807, 2.05) is 32.0 Å². The molecule has 2 rings (SSSR count). The number of carbonyl (C=O) groups excluding carboxylic acids is 1. The summed E-state index contributed by atoms with van der Waals surface area (Å²) >= 11 is 3.40. The smallest absolute Gasteiger partial charge is 0.262 e. The molecule has 2 aromatic carbocycles. The lowest BCUT2D eigenvalue weighted by Crippen LogP contribution is -2.20. The third kappa shape index (κ3) is 5.74. The van der Waals surface area contributed by atoms with Crippen LogP contribution in [0.4, 0.5) is 5.69 Å². The Morgan fingerprint density at radius 1 is 1.12 bits per heavy atom. The summed E-state index contributed by atoms with van der Waals surface area (Å²) in [6, 6.07) is 12.8. The van der Waals surface area contributed by atoms with E-state index in [4.69, 9.17) is 9.47 Å². The first-order valence-electron chi connectivity index (χ1n) is 7.50. The average molecular weight is 390 g/mol. The third-order valence-electron chi connectivity index (χ3n) is 3.12. The van der Waals surface area contributed by atoms with Crippen molar-refractivity contribution in [3.8, 4) is 11.5 Å². The Labute approximate surface area is 150 Å². The zero-order valence-electron chi connectivity index (χ0n) is 13.8. The summed E-state index contributed by atoms with van der Waals surface area (Å²) in [5.41, 5.74) is 2.61. The van der Waals surface area contributed by atoms with E-state index in [9.17, 15) is 4.79 Å². The SMILES string of the molecule is C=C(C)COc1ccc(NC(=O)COc2ccc(Br)cc2C)cc1. The van der Waals surface area contributed by atoms with E-state index in [1.165, 1.54) is 0 Å². The van der Waals surface area contributed by atoms with Crippen molar-refractivity contribution in [1.82, 2.24) is 0 Å². The van der Waals surface area contributed by atoms with Gasteiger partial charge in [0.25, 0.3) is 5.91 Å². The fourth-order valence-corrected chi connectivity index (χ4v) is 2.43. The van der Waals surface area contributed by atoms with Gasteiger partial charge in [-0.05, 0) is 67.4 Å². The quantitative estimate of drug-likeness (QED) is 0.696. The molecule has 0 saturated heterocycles. The Kier molecular flexibility index (Phi) is 6.44. The molecule has 0 unspecified atom stereocenters. The first-order valence-corrected chi connectivity index (χ1v) is 8.29. The molecule has 0 bridgehead atoms. The fourth-order valence-electron chi connectivity index (χ4n) is 1.96. The first kappa shape index (κ1) is 18.1. The van der Waals surface area contributed by atoms with Crippen molar-refractivity contribution in [3.63, 3.8) is 0 Å². The maximum absolute atomic E-state index is 12.0. The molecule has 24 heavy (non-hydrogen) atoms. The minimum Gasteiger partial charge on any atom is -0.489 e. The van der Waals surface area contributed by atoms with Crippen molar-refractivity contribution < 1.29 is 14.3 Å². The molecule has 0 atom stereocenters. The molecule has 0 aliphatic rings. The number of hydrogen-bond donors (Lipinski definition) is 1. The summed E-state index contributed by atoms with van der Waals surface area (Å²) in [6.07, 6.45) is 0. The van der Waals surface area contributed by atoms with Crippen molar-refractivity contribution in [3.05, 3.63) is 64.7 Å². The summed E-state index contributed by atoms with van der Waals surface area (Å²) in [5, 5.41) is 2.79. The van der Waals surface area contributed by atoms with Crippen molar-refractivity contribution in [2.24, 2.45) is 0 Å². The number of aryl methyl sites for hydroxylation is 1. The standard InChI is InChI=1S/C19H20BrNO3/c1-13(2)11-23-17-7-5-16(6-8-17)21-19(22)12-24-18-9-4-15(20)10-14(18)3/h4-10H,1,11-12H2,2-3H3,(H,21,22). The van der Waals surface area contributed by atoms with Gasteiger partial charge in [-0.25, -0.2) is 0 Å². The molecule has 1 amide bonds. The van der Waals surface area contributed by atoms with E-state index >= 15 is 0 Å². The lowest BCUT2D eigenvalue weighted by Gasteiger charge is -2.10. The molecular formula is C19H20BrNO3. The highest BCUT2D eigenvalue weighted by Gasteiger charge is 2.06. The number of rotatable bonds is 7. The van der Waals surface area contributed by atoms with Gasteiger partial charge in [0.2, 0.25) is 0 Å². The van der Waals surface area contributed by atoms with Gasteiger partial charge in [0, 0.05) is 10.2 Å². The van der Waals surface area contributed by atoms with Crippen LogP contribution in [-0.2, 0) is 4.79 Å². The highest BCUT2D eigenvalue weighted by Crippen LogP contribution is 2.22. The van der Waals surface area contributed by atoms with E-state index in [-0.39, 0.29) is 12.5 Å². The second-order valence-electron chi connectivity index (χ2n) is 5.52. The van der Waals surface area contributed by atoms with E-state index in [0.717, 1.165) is 21.4 Å². The van der Waals surface area contributed by atoms with Gasteiger partial charge in [-0.3, -0.25) is 4.79 Å².